The molecule has 1 unspecified atom stereocenters. The third kappa shape index (κ3) is 3.47. The van der Waals surface area contributed by atoms with Crippen LogP contribution in [-0.2, 0) is 9.30 Å². The van der Waals surface area contributed by atoms with Crippen LogP contribution in [0.2, 0.25) is 0 Å². The van der Waals surface area contributed by atoms with E-state index < -0.39 is 7.17 Å². The summed E-state index contributed by atoms with van der Waals surface area (Å²) >= 11 is 0. The van der Waals surface area contributed by atoms with E-state index in [0.29, 0.717) is 6.42 Å². The molecular weight excluding hydrogens is 187 g/mol. The van der Waals surface area contributed by atoms with Crippen molar-refractivity contribution in [2.75, 3.05) is 13.3 Å². The Kier molecular flexibility index (Phi) is 3.64. The summed E-state index contributed by atoms with van der Waals surface area (Å²) in [5, 5.41) is 12.0. The standard InChI is InChI=1S/C6H15B2NO3P/c1-13(8,11)9-4-2-6(7)12-5(4)3-10/h4-6,10H,2-3H2,1,8H3,(H,9,11)/q-1/t4-,5-,6-,13?/m1/s1. The summed E-state index contributed by atoms with van der Waals surface area (Å²) in [5.74, 6) is 0. The lowest BCUT2D eigenvalue weighted by molar-refractivity contribution is 0.0360. The zero-order chi connectivity index (χ0) is 10.1. The molecule has 1 aliphatic heterocycles. The molecule has 4 nitrogen and oxygen atoms in total. The third-order valence-electron chi connectivity index (χ3n) is 1.81. The van der Waals surface area contributed by atoms with Crippen molar-refractivity contribution >= 4 is 22.6 Å². The smallest absolute Gasteiger partial charge is 0.109 e. The van der Waals surface area contributed by atoms with E-state index in [1.165, 1.54) is 0 Å². The maximum absolute atomic E-state index is 11.6. The fourth-order valence-electron chi connectivity index (χ4n) is 1.32. The van der Waals surface area contributed by atoms with Gasteiger partial charge < -0.3 is 14.4 Å². The Bertz CT molecular complexity index is 222. The van der Waals surface area contributed by atoms with Crippen LogP contribution >= 0.6 is 7.17 Å². The zero-order valence-corrected chi connectivity index (χ0v) is 7.83. The highest BCUT2D eigenvalue weighted by molar-refractivity contribution is 7.85. The highest BCUT2D eigenvalue weighted by Gasteiger charge is 2.32. The minimum absolute atomic E-state index is 0.0340. The molecule has 1 rings (SSSR count). The second-order valence-corrected chi connectivity index (χ2v) is 4.12. The van der Waals surface area contributed by atoms with Crippen molar-refractivity contribution in [3.05, 3.63) is 0 Å². The highest BCUT2D eigenvalue weighted by atomic mass is 31.2. The molecule has 0 bridgehead atoms. The van der Waals surface area contributed by atoms with Crippen LogP contribution in [0.15, 0.2) is 0 Å². The van der Waals surface area contributed by atoms with Crippen LogP contribution in [0.4, 0.5) is 0 Å². The molecule has 74 valence electrons. The lowest BCUT2D eigenvalue weighted by Gasteiger charge is -2.23. The minimum atomic E-state index is -2.04. The summed E-state index contributed by atoms with van der Waals surface area (Å²) < 4.78 is 16.8. The van der Waals surface area contributed by atoms with Crippen LogP contribution in [-0.4, -0.2) is 51.9 Å². The Morgan fingerprint density at radius 2 is 2.46 bits per heavy atom. The first-order valence-corrected chi connectivity index (χ1v) is 5.53. The van der Waals surface area contributed by atoms with Gasteiger partial charge in [0.25, 0.3) is 0 Å². The minimum Gasteiger partial charge on any atom is -0.394 e. The normalized spacial score (nSPS) is 38.8. The fourth-order valence-corrected chi connectivity index (χ4v) is 2.06. The third-order valence-corrected chi connectivity index (χ3v) is 2.51. The summed E-state index contributed by atoms with van der Waals surface area (Å²) in [6, 6.07) is -0.366. The number of aliphatic hydroxyl groups excluding tert-OH is 1. The van der Waals surface area contributed by atoms with Gasteiger partial charge in [-0.3, -0.25) is 5.09 Å². The van der Waals surface area contributed by atoms with E-state index in [2.05, 4.69) is 5.09 Å². The Hall–Kier alpha value is 0.240. The molecule has 2 radical (unpaired) electrons. The molecule has 0 aromatic rings. The number of aliphatic hydroxyl groups is 1. The molecule has 1 aliphatic rings. The Balaban J connectivity index is 2.54. The van der Waals surface area contributed by atoms with E-state index >= 15 is 0 Å². The number of nitrogens with one attached hydrogen (secondary N) is 1. The maximum atomic E-state index is 11.6. The van der Waals surface area contributed by atoms with Gasteiger partial charge in [0.05, 0.1) is 12.7 Å². The van der Waals surface area contributed by atoms with Gasteiger partial charge in [-0.1, -0.05) is 0 Å². The van der Waals surface area contributed by atoms with E-state index in [4.69, 9.17) is 17.7 Å². The van der Waals surface area contributed by atoms with Crippen molar-refractivity contribution in [1.29, 1.82) is 0 Å². The topological polar surface area (TPSA) is 58.6 Å². The molecule has 4 atom stereocenters. The monoisotopic (exact) mass is 202 g/mol. The van der Waals surface area contributed by atoms with Gasteiger partial charge in [-0.25, -0.2) is 0 Å². The first-order chi connectivity index (χ1) is 5.92. The predicted molar refractivity (Wildman–Crippen MR) is 56.5 cm³/mol. The molecule has 0 amide bonds. The van der Waals surface area contributed by atoms with E-state index in [9.17, 15) is 4.57 Å². The lowest BCUT2D eigenvalue weighted by Crippen LogP contribution is -2.36. The molecule has 7 heteroatoms. The van der Waals surface area contributed by atoms with Gasteiger partial charge in [0.2, 0.25) is 0 Å². The zero-order valence-electron chi connectivity index (χ0n) is 6.93. The summed E-state index contributed by atoms with van der Waals surface area (Å²) in [6.07, 6.45) is 0.344. The van der Waals surface area contributed by atoms with Crippen LogP contribution in [0.5, 0.6) is 0 Å². The quantitative estimate of drug-likeness (QED) is 0.427. The van der Waals surface area contributed by atoms with Crippen LogP contribution in [0.3, 0.4) is 0 Å². The average molecular weight is 202 g/mol. The Labute approximate surface area is 80.6 Å². The first-order valence-electron chi connectivity index (χ1n) is 3.82. The van der Waals surface area contributed by atoms with Gasteiger partial charge in [0, 0.05) is 19.6 Å². The van der Waals surface area contributed by atoms with Crippen molar-refractivity contribution in [3.63, 3.8) is 0 Å². The fraction of sp³-hybridized carbons (Fsp3) is 1.00. The van der Waals surface area contributed by atoms with Crippen molar-refractivity contribution < 1.29 is 14.4 Å². The second-order valence-electron chi connectivity index (χ2n) is 2.86. The van der Waals surface area contributed by atoms with Gasteiger partial charge >= 0.3 is 0 Å². The van der Waals surface area contributed by atoms with Crippen LogP contribution in [0.1, 0.15) is 6.42 Å². The molecule has 0 saturated carbocycles. The van der Waals surface area contributed by atoms with Gasteiger partial charge in [0.1, 0.15) is 7.85 Å². The number of rotatable bonds is 3. The molecule has 0 aliphatic carbocycles. The van der Waals surface area contributed by atoms with Crippen molar-refractivity contribution in [2.45, 2.75) is 24.6 Å². The second kappa shape index (κ2) is 4.18. The number of ether oxygens (including phenoxy) is 1. The molecule has 1 saturated heterocycles. The molecule has 0 aromatic carbocycles. The Morgan fingerprint density at radius 3 is 2.92 bits per heavy atom. The Morgan fingerprint density at radius 1 is 1.85 bits per heavy atom. The van der Waals surface area contributed by atoms with Gasteiger partial charge in [-0.15, -0.1) is 0 Å². The largest absolute Gasteiger partial charge is 0.394 e. The number of hydrogen-bond acceptors (Lipinski definition) is 3. The van der Waals surface area contributed by atoms with Gasteiger partial charge in [0.15, 0.2) is 0 Å². The summed E-state index contributed by atoms with van der Waals surface area (Å²) in [4.78, 5) is 0. The van der Waals surface area contributed by atoms with Crippen molar-refractivity contribution in [2.24, 2.45) is 0 Å². The summed E-state index contributed by atoms with van der Waals surface area (Å²) in [7, 11) is 3.32. The van der Waals surface area contributed by atoms with Gasteiger partial charge in [-0.05, 0) is 20.3 Å². The van der Waals surface area contributed by atoms with Gasteiger partial charge in [-0.2, -0.15) is 0 Å². The SMILES string of the molecule is [B][C@H]1C[C@@H](NP([BH3-])(C)=O)[C@@H](CO)O1. The molecule has 0 aromatic heterocycles. The van der Waals surface area contributed by atoms with E-state index in [1.54, 1.807) is 6.66 Å². The molecule has 13 heavy (non-hydrogen) atoms. The predicted octanol–water partition coefficient (Wildman–Crippen LogP) is -1.59. The molecule has 2 N–H and O–H groups in total. The summed E-state index contributed by atoms with van der Waals surface area (Å²) in [5.41, 5.74) is 0. The molecule has 1 fully saturated rings. The van der Waals surface area contributed by atoms with Crippen molar-refractivity contribution in [1.82, 2.24) is 5.09 Å². The highest BCUT2D eigenvalue weighted by Crippen LogP contribution is 2.33. The summed E-state index contributed by atoms with van der Waals surface area (Å²) in [6.45, 7) is 1.69. The molecule has 0 spiro atoms. The molecule has 1 heterocycles. The first kappa shape index (κ1) is 11.3. The van der Waals surface area contributed by atoms with E-state index in [-0.39, 0.29) is 32.3 Å². The van der Waals surface area contributed by atoms with Crippen LogP contribution < -0.4 is 5.09 Å². The lowest BCUT2D eigenvalue weighted by atomic mass is 9.95. The number of hydrogen-bond donors (Lipinski definition) is 2. The molecular formula is C6H15B2NO3P-. The van der Waals surface area contributed by atoms with Crippen LogP contribution in [0.25, 0.3) is 0 Å². The average Bonchev–Trinajstić information content (AvgIpc) is 2.27. The van der Waals surface area contributed by atoms with E-state index in [0.717, 1.165) is 0 Å². The van der Waals surface area contributed by atoms with Crippen LogP contribution in [0, 0.1) is 0 Å². The maximum Gasteiger partial charge on any atom is 0.109 e. The van der Waals surface area contributed by atoms with E-state index in [1.807, 2.05) is 0 Å². The van der Waals surface area contributed by atoms with Crippen molar-refractivity contribution in [3.8, 4) is 0 Å².